The SMILES string of the molecule is Cc1ccc([N+](=O)[O-])cc1NC(=O)CCSc1c([O-])on[n+]1-c1ccccc1. The number of nitrogens with zero attached hydrogens (tertiary/aromatic N) is 3. The summed E-state index contributed by atoms with van der Waals surface area (Å²) in [7, 11) is 0. The number of anilines is 1. The number of nitrogens with one attached hydrogen (secondary N) is 1. The maximum Gasteiger partial charge on any atom is 0.297 e. The van der Waals surface area contributed by atoms with Crippen LogP contribution in [-0.4, -0.2) is 21.9 Å². The van der Waals surface area contributed by atoms with Gasteiger partial charge in [-0.25, -0.2) is 0 Å². The Bertz CT molecular complexity index is 1010. The van der Waals surface area contributed by atoms with Gasteiger partial charge < -0.3 is 14.9 Å². The highest BCUT2D eigenvalue weighted by Gasteiger charge is 2.21. The third-order valence-electron chi connectivity index (χ3n) is 3.85. The van der Waals surface area contributed by atoms with Gasteiger partial charge in [0, 0.05) is 36.4 Å². The molecule has 0 bridgehead atoms. The van der Waals surface area contributed by atoms with Crippen LogP contribution in [0.4, 0.5) is 11.4 Å². The molecule has 10 heteroatoms. The average molecular weight is 400 g/mol. The van der Waals surface area contributed by atoms with E-state index in [9.17, 15) is 20.0 Å². The third-order valence-corrected chi connectivity index (χ3v) is 4.87. The van der Waals surface area contributed by atoms with E-state index < -0.39 is 10.9 Å². The van der Waals surface area contributed by atoms with Gasteiger partial charge in [-0.1, -0.05) is 36.0 Å². The fourth-order valence-electron chi connectivity index (χ4n) is 2.41. The predicted molar refractivity (Wildman–Crippen MR) is 99.3 cm³/mol. The van der Waals surface area contributed by atoms with Crippen molar-refractivity contribution in [3.8, 4) is 11.6 Å². The Morgan fingerprint density at radius 2 is 2.04 bits per heavy atom. The molecule has 0 saturated heterocycles. The standard InChI is InChI=1S/C18H16N4O5S/c1-12-7-8-14(22(25)26)11-15(12)19-16(23)9-10-28-17-18(24)27-20-21(17)13-5-3-2-4-6-13/h2-8,11H,9-10H2,1H3,(H-,19,20,23,24). The Balaban J connectivity index is 1.62. The van der Waals surface area contributed by atoms with Crippen molar-refractivity contribution in [2.75, 3.05) is 11.1 Å². The third kappa shape index (κ3) is 4.46. The molecule has 0 aliphatic carbocycles. The molecule has 9 nitrogen and oxygen atoms in total. The highest BCUT2D eigenvalue weighted by molar-refractivity contribution is 7.99. The first kappa shape index (κ1) is 19.4. The van der Waals surface area contributed by atoms with E-state index in [-0.39, 0.29) is 23.0 Å². The molecule has 144 valence electrons. The van der Waals surface area contributed by atoms with Crippen LogP contribution < -0.4 is 15.1 Å². The molecular weight excluding hydrogens is 384 g/mol. The number of carbonyl (C=O) groups is 1. The Kier molecular flexibility index (Phi) is 5.90. The molecule has 0 radical (unpaired) electrons. The van der Waals surface area contributed by atoms with E-state index in [0.717, 1.165) is 17.3 Å². The maximum absolute atomic E-state index is 12.2. The van der Waals surface area contributed by atoms with Gasteiger partial charge in [-0.3, -0.25) is 14.9 Å². The van der Waals surface area contributed by atoms with Crippen LogP contribution in [0.5, 0.6) is 5.95 Å². The molecule has 0 unspecified atom stereocenters. The summed E-state index contributed by atoms with van der Waals surface area (Å²) >= 11 is 1.15. The van der Waals surface area contributed by atoms with E-state index in [4.69, 9.17) is 4.52 Å². The molecule has 0 spiro atoms. The van der Waals surface area contributed by atoms with E-state index in [2.05, 4.69) is 10.6 Å². The first-order chi connectivity index (χ1) is 13.5. The number of nitro groups is 1. The minimum Gasteiger partial charge on any atom is -0.538 e. The first-order valence-corrected chi connectivity index (χ1v) is 9.26. The number of nitro benzene ring substituents is 1. The molecular formula is C18H16N4O5S. The van der Waals surface area contributed by atoms with Crippen molar-refractivity contribution < 1.29 is 24.0 Å². The zero-order chi connectivity index (χ0) is 20.1. The number of non-ortho nitro benzene ring substituents is 1. The summed E-state index contributed by atoms with van der Waals surface area (Å²) in [4.78, 5) is 22.6. The van der Waals surface area contributed by atoms with Crippen LogP contribution in [0.1, 0.15) is 12.0 Å². The van der Waals surface area contributed by atoms with Gasteiger partial charge in [-0.2, -0.15) is 0 Å². The van der Waals surface area contributed by atoms with Crippen LogP contribution in [-0.2, 0) is 4.79 Å². The minimum absolute atomic E-state index is 0.0975. The predicted octanol–water partition coefficient (Wildman–Crippen LogP) is 2.36. The number of benzene rings is 2. The summed E-state index contributed by atoms with van der Waals surface area (Å²) in [5, 5.41) is 29.4. The van der Waals surface area contributed by atoms with E-state index in [0.29, 0.717) is 17.1 Å². The number of hydrogen-bond acceptors (Lipinski definition) is 7. The van der Waals surface area contributed by atoms with Gasteiger partial charge in [-0.15, -0.1) is 0 Å². The highest BCUT2D eigenvalue weighted by atomic mass is 32.2. The van der Waals surface area contributed by atoms with Crippen molar-refractivity contribution in [3.05, 3.63) is 64.2 Å². The molecule has 28 heavy (non-hydrogen) atoms. The Morgan fingerprint density at radius 1 is 1.29 bits per heavy atom. The number of carbonyl (C=O) groups excluding carboxylic acids is 1. The second-order valence-electron chi connectivity index (χ2n) is 5.82. The lowest BCUT2D eigenvalue weighted by atomic mass is 10.2. The molecule has 0 aliphatic heterocycles. The molecule has 2 aromatic carbocycles. The van der Waals surface area contributed by atoms with Crippen molar-refractivity contribution in [3.63, 3.8) is 0 Å². The largest absolute Gasteiger partial charge is 0.538 e. The van der Waals surface area contributed by atoms with Crippen LogP contribution >= 0.6 is 11.8 Å². The van der Waals surface area contributed by atoms with Crippen LogP contribution in [0.25, 0.3) is 5.69 Å². The fraction of sp³-hybridized carbons (Fsp3) is 0.167. The van der Waals surface area contributed by atoms with E-state index in [1.807, 2.05) is 18.2 Å². The van der Waals surface area contributed by atoms with E-state index >= 15 is 0 Å². The van der Waals surface area contributed by atoms with Gasteiger partial charge in [0.2, 0.25) is 11.6 Å². The molecule has 0 atom stereocenters. The van der Waals surface area contributed by atoms with Gasteiger partial charge in [0.1, 0.15) is 0 Å². The summed E-state index contributed by atoms with van der Waals surface area (Å²) < 4.78 is 6.11. The molecule has 3 aromatic rings. The maximum atomic E-state index is 12.2. The van der Waals surface area contributed by atoms with Gasteiger partial charge >= 0.3 is 0 Å². The molecule has 3 rings (SSSR count). The number of thioether (sulfide) groups is 1. The summed E-state index contributed by atoms with van der Waals surface area (Å²) in [6.45, 7) is 1.75. The number of aromatic nitrogens is 2. The zero-order valence-corrected chi connectivity index (χ0v) is 15.6. The monoisotopic (exact) mass is 400 g/mol. The van der Waals surface area contributed by atoms with Gasteiger partial charge in [0.25, 0.3) is 10.7 Å². The van der Waals surface area contributed by atoms with Crippen LogP contribution in [0.2, 0.25) is 0 Å². The smallest absolute Gasteiger partial charge is 0.297 e. The van der Waals surface area contributed by atoms with Crippen LogP contribution in [0.3, 0.4) is 0 Å². The number of hydrogen-bond donors (Lipinski definition) is 1. The Hall–Kier alpha value is -3.40. The second-order valence-corrected chi connectivity index (χ2v) is 6.90. The van der Waals surface area contributed by atoms with E-state index in [1.165, 1.54) is 16.8 Å². The average Bonchev–Trinajstić information content (AvgIpc) is 3.05. The Labute approximate surface area is 164 Å². The summed E-state index contributed by atoms with van der Waals surface area (Å²) in [5.41, 5.74) is 1.68. The summed E-state index contributed by atoms with van der Waals surface area (Å²) in [6.07, 6.45) is 0.103. The summed E-state index contributed by atoms with van der Waals surface area (Å²) in [6, 6.07) is 13.3. The lowest BCUT2D eigenvalue weighted by Gasteiger charge is -2.07. The molecule has 1 heterocycles. The van der Waals surface area contributed by atoms with E-state index in [1.54, 1.807) is 25.1 Å². The zero-order valence-electron chi connectivity index (χ0n) is 14.8. The molecule has 0 fully saturated rings. The quantitative estimate of drug-likeness (QED) is 0.279. The highest BCUT2D eigenvalue weighted by Crippen LogP contribution is 2.25. The topological polar surface area (TPSA) is 125 Å². The minimum atomic E-state index is -0.580. The van der Waals surface area contributed by atoms with Crippen molar-refractivity contribution >= 4 is 29.0 Å². The lowest BCUT2D eigenvalue weighted by Crippen LogP contribution is -2.34. The van der Waals surface area contributed by atoms with Crippen LogP contribution in [0.15, 0.2) is 58.1 Å². The van der Waals surface area contributed by atoms with Crippen molar-refractivity contribution in [2.45, 2.75) is 18.4 Å². The Morgan fingerprint density at radius 3 is 2.75 bits per heavy atom. The molecule has 1 N–H and O–H groups in total. The van der Waals surface area contributed by atoms with Crippen molar-refractivity contribution in [1.82, 2.24) is 5.27 Å². The van der Waals surface area contributed by atoms with Crippen LogP contribution in [0, 0.1) is 17.0 Å². The van der Waals surface area contributed by atoms with Gasteiger partial charge in [-0.05, 0) is 17.2 Å². The number of rotatable bonds is 7. The van der Waals surface area contributed by atoms with Gasteiger partial charge in [0.05, 0.1) is 15.9 Å². The number of amides is 1. The molecule has 0 aliphatic rings. The van der Waals surface area contributed by atoms with Crippen molar-refractivity contribution in [1.29, 1.82) is 0 Å². The second kappa shape index (κ2) is 8.53. The number of aryl methyl sites for hydroxylation is 1. The lowest BCUT2D eigenvalue weighted by molar-refractivity contribution is -0.705. The first-order valence-electron chi connectivity index (χ1n) is 8.28. The molecule has 1 amide bonds. The number of para-hydroxylation sites is 1. The van der Waals surface area contributed by atoms with Gasteiger partial charge in [0.15, 0.2) is 5.95 Å². The van der Waals surface area contributed by atoms with Crippen molar-refractivity contribution in [2.24, 2.45) is 0 Å². The fourth-order valence-corrected chi connectivity index (χ4v) is 3.30. The molecule has 1 aromatic heterocycles. The normalized spacial score (nSPS) is 10.6. The summed E-state index contributed by atoms with van der Waals surface area (Å²) in [5.74, 6) is -0.585. The molecule has 0 saturated carbocycles.